The van der Waals surface area contributed by atoms with E-state index in [1.54, 1.807) is 0 Å². The van der Waals surface area contributed by atoms with Gasteiger partial charge in [-0.05, 0) is 30.6 Å². The highest BCUT2D eigenvalue weighted by Crippen LogP contribution is 2.43. The van der Waals surface area contributed by atoms with Crippen molar-refractivity contribution in [1.29, 1.82) is 0 Å². The molecule has 4 atom stereocenters. The lowest BCUT2D eigenvalue weighted by Gasteiger charge is -2.19. The second-order valence-electron chi connectivity index (χ2n) is 8.11. The summed E-state index contributed by atoms with van der Waals surface area (Å²) in [5, 5.41) is 5.52. The molecule has 0 aromatic heterocycles. The summed E-state index contributed by atoms with van der Waals surface area (Å²) in [6.45, 7) is 0.593. The largest absolute Gasteiger partial charge is 0.493 e. The van der Waals surface area contributed by atoms with Gasteiger partial charge in [-0.3, -0.25) is 9.59 Å². The second kappa shape index (κ2) is 8.49. The first-order chi connectivity index (χ1) is 14.9. The molecule has 1 aliphatic heterocycles. The number of carbonyl (C=O) groups excluding carboxylic acids is 3. The van der Waals surface area contributed by atoms with E-state index in [9.17, 15) is 14.4 Å². The average Bonchev–Trinajstić information content (AvgIpc) is 3.46. The van der Waals surface area contributed by atoms with Crippen LogP contribution in [0.4, 0.5) is 10.5 Å². The van der Waals surface area contributed by atoms with Crippen molar-refractivity contribution >= 4 is 23.5 Å². The number of hydrogen-bond donors (Lipinski definition) is 2. The lowest BCUT2D eigenvalue weighted by molar-refractivity contribution is -0.125. The van der Waals surface area contributed by atoms with Crippen molar-refractivity contribution in [3.63, 3.8) is 0 Å². The Morgan fingerprint density at radius 2 is 1.81 bits per heavy atom. The van der Waals surface area contributed by atoms with Gasteiger partial charge in [-0.15, -0.1) is 0 Å². The number of nitrogens with one attached hydrogen (secondary N) is 2. The number of carbonyl (C=O) groups is 3. The maximum atomic E-state index is 12.9. The Hall–Kier alpha value is -3.23. The van der Waals surface area contributed by atoms with Gasteiger partial charge >= 0.3 is 6.03 Å². The van der Waals surface area contributed by atoms with E-state index in [0.717, 1.165) is 11.3 Å². The van der Waals surface area contributed by atoms with Gasteiger partial charge in [0.05, 0.1) is 33.4 Å². The van der Waals surface area contributed by atoms with Crippen LogP contribution in [-0.2, 0) is 9.59 Å². The molecule has 0 radical (unpaired) electrons. The lowest BCUT2D eigenvalue weighted by atomic mass is 9.93. The lowest BCUT2D eigenvalue weighted by Crippen LogP contribution is -2.38. The Balaban J connectivity index is 1.41. The monoisotopic (exact) mass is 429 g/mol. The molecule has 2 aliphatic carbocycles. The van der Waals surface area contributed by atoms with E-state index in [2.05, 4.69) is 22.8 Å². The quantitative estimate of drug-likeness (QED) is 0.483. The molecule has 3 aliphatic rings. The van der Waals surface area contributed by atoms with E-state index in [1.807, 2.05) is 0 Å². The number of urea groups is 1. The summed E-state index contributed by atoms with van der Waals surface area (Å²) >= 11 is 0. The second-order valence-corrected chi connectivity index (χ2v) is 8.11. The van der Waals surface area contributed by atoms with Gasteiger partial charge in [0.1, 0.15) is 6.04 Å². The predicted molar refractivity (Wildman–Crippen MR) is 112 cm³/mol. The average molecular weight is 429 g/mol. The fourth-order valence-electron chi connectivity index (χ4n) is 4.74. The van der Waals surface area contributed by atoms with Gasteiger partial charge in [0.25, 0.3) is 5.91 Å². The van der Waals surface area contributed by atoms with Gasteiger partial charge in [0.2, 0.25) is 11.7 Å². The van der Waals surface area contributed by atoms with E-state index in [4.69, 9.17) is 14.2 Å². The third-order valence-electron chi connectivity index (χ3n) is 6.29. The summed E-state index contributed by atoms with van der Waals surface area (Å²) in [4.78, 5) is 38.9. The number of allylic oxidation sites excluding steroid dienone is 2. The Labute approximate surface area is 180 Å². The Morgan fingerprint density at radius 3 is 2.35 bits per heavy atom. The third-order valence-corrected chi connectivity index (χ3v) is 6.29. The van der Waals surface area contributed by atoms with Gasteiger partial charge < -0.3 is 24.8 Å². The summed E-state index contributed by atoms with van der Waals surface area (Å²) in [6, 6.07) is 1.51. The van der Waals surface area contributed by atoms with Crippen molar-refractivity contribution in [2.45, 2.75) is 25.3 Å². The highest BCUT2D eigenvalue weighted by Gasteiger charge is 2.41. The molecule has 4 rings (SSSR count). The number of ether oxygens (including phenoxy) is 3. The molecule has 2 fully saturated rings. The van der Waals surface area contributed by atoms with Crippen molar-refractivity contribution < 1.29 is 28.6 Å². The number of amides is 4. The van der Waals surface area contributed by atoms with Crippen molar-refractivity contribution in [3.05, 3.63) is 24.3 Å². The number of nitrogens with zero attached hydrogens (tertiary/aromatic N) is 1. The van der Waals surface area contributed by atoms with Crippen LogP contribution in [-0.4, -0.2) is 51.8 Å². The molecular formula is C22H27N3O6. The van der Waals surface area contributed by atoms with Crippen LogP contribution in [0.3, 0.4) is 0 Å². The van der Waals surface area contributed by atoms with E-state index < -0.39 is 18.0 Å². The van der Waals surface area contributed by atoms with Crippen LogP contribution in [0.1, 0.15) is 19.3 Å². The standard InChI is InChI=1S/C22H27N3O6/c1-29-17-8-15(9-18(30-2)20(17)31-3)25-21(27)16(24-22(25)28)10-19(26)23-11-14-7-12-4-5-13(14)6-12/h4-5,8-9,12-14,16H,6-7,10-11H2,1-3H3,(H,23,26)(H,24,28)/t12-,13-,14+,16-/m0/s1. The summed E-state index contributed by atoms with van der Waals surface area (Å²) in [7, 11) is 4.37. The van der Waals surface area contributed by atoms with Crippen LogP contribution in [0.25, 0.3) is 0 Å². The number of methoxy groups -OCH3 is 3. The Kier molecular flexibility index (Phi) is 5.75. The maximum Gasteiger partial charge on any atom is 0.329 e. The molecule has 1 saturated carbocycles. The fraction of sp³-hybridized carbons (Fsp3) is 0.500. The first-order valence-corrected chi connectivity index (χ1v) is 10.3. The predicted octanol–water partition coefficient (Wildman–Crippen LogP) is 1.86. The molecule has 0 spiro atoms. The van der Waals surface area contributed by atoms with E-state index in [0.29, 0.717) is 41.5 Å². The fourth-order valence-corrected chi connectivity index (χ4v) is 4.74. The SMILES string of the molecule is COc1cc(N2C(=O)N[C@@H](CC(=O)NC[C@H]3C[C@H]4C=C[C@H]3C4)C2=O)cc(OC)c1OC. The molecule has 31 heavy (non-hydrogen) atoms. The highest BCUT2D eigenvalue weighted by molar-refractivity contribution is 6.22. The molecule has 2 bridgehead atoms. The molecule has 4 amide bonds. The molecule has 1 aromatic carbocycles. The number of benzene rings is 1. The van der Waals surface area contributed by atoms with Gasteiger partial charge in [-0.25, -0.2) is 9.69 Å². The van der Waals surface area contributed by atoms with Crippen molar-refractivity contribution in [2.75, 3.05) is 32.8 Å². The number of anilines is 1. The summed E-state index contributed by atoms with van der Waals surface area (Å²) in [5.41, 5.74) is 0.272. The van der Waals surface area contributed by atoms with Gasteiger partial charge in [-0.1, -0.05) is 12.2 Å². The summed E-state index contributed by atoms with van der Waals surface area (Å²) < 4.78 is 15.9. The van der Waals surface area contributed by atoms with Gasteiger partial charge in [-0.2, -0.15) is 0 Å². The minimum atomic E-state index is -0.925. The normalized spacial score (nSPS) is 26.2. The minimum absolute atomic E-state index is 0.109. The first-order valence-electron chi connectivity index (χ1n) is 10.3. The zero-order chi connectivity index (χ0) is 22.1. The van der Waals surface area contributed by atoms with Crippen LogP contribution < -0.4 is 29.7 Å². The van der Waals surface area contributed by atoms with Crippen molar-refractivity contribution in [1.82, 2.24) is 10.6 Å². The Morgan fingerprint density at radius 1 is 1.10 bits per heavy atom. The van der Waals surface area contributed by atoms with E-state index >= 15 is 0 Å². The first kappa shape index (κ1) is 21.0. The molecule has 1 heterocycles. The molecule has 2 N–H and O–H groups in total. The van der Waals surface area contributed by atoms with Crippen LogP contribution >= 0.6 is 0 Å². The van der Waals surface area contributed by atoms with Crippen LogP contribution in [0.15, 0.2) is 24.3 Å². The molecule has 166 valence electrons. The highest BCUT2D eigenvalue weighted by atomic mass is 16.5. The third kappa shape index (κ3) is 3.92. The summed E-state index contributed by atoms with van der Waals surface area (Å²) in [6.07, 6.45) is 6.65. The number of hydrogen-bond acceptors (Lipinski definition) is 6. The molecule has 1 saturated heterocycles. The number of rotatable bonds is 8. The Bertz CT molecular complexity index is 905. The summed E-state index contributed by atoms with van der Waals surface area (Å²) in [5.74, 6) is 1.85. The van der Waals surface area contributed by atoms with Crippen LogP contribution in [0.5, 0.6) is 17.2 Å². The molecule has 1 aromatic rings. The minimum Gasteiger partial charge on any atom is -0.493 e. The van der Waals surface area contributed by atoms with Crippen LogP contribution in [0, 0.1) is 17.8 Å². The van der Waals surface area contributed by atoms with E-state index in [-0.39, 0.29) is 18.0 Å². The van der Waals surface area contributed by atoms with E-state index in [1.165, 1.54) is 39.9 Å². The van der Waals surface area contributed by atoms with Crippen molar-refractivity contribution in [3.8, 4) is 17.2 Å². The number of imide groups is 1. The molecule has 9 nitrogen and oxygen atoms in total. The zero-order valence-electron chi connectivity index (χ0n) is 17.8. The smallest absolute Gasteiger partial charge is 0.329 e. The topological polar surface area (TPSA) is 106 Å². The zero-order valence-corrected chi connectivity index (χ0v) is 17.8. The molecular weight excluding hydrogens is 402 g/mol. The van der Waals surface area contributed by atoms with Crippen LogP contribution in [0.2, 0.25) is 0 Å². The molecule has 9 heteroatoms. The van der Waals surface area contributed by atoms with Gasteiger partial charge in [0.15, 0.2) is 11.5 Å². The van der Waals surface area contributed by atoms with Crippen molar-refractivity contribution in [2.24, 2.45) is 17.8 Å². The molecule has 0 unspecified atom stereocenters. The number of fused-ring (bicyclic) bond motifs is 2. The van der Waals surface area contributed by atoms with Gasteiger partial charge in [0, 0.05) is 18.7 Å². The maximum absolute atomic E-state index is 12.9.